The van der Waals surface area contributed by atoms with Crippen molar-refractivity contribution in [3.8, 4) is 5.75 Å². The standard InChI is InChI=1S/C19H24N2O4S/c1-13(2)15-5-7-16(8-6-15)21-26(23,24)18-11-9-17(10-12-18)25-14(3)19(22)20-4/h5-14,21H,1-4H3,(H,20,22)/t14-/m0/s1. The molecule has 0 heterocycles. The van der Waals surface area contributed by atoms with Gasteiger partial charge in [-0.3, -0.25) is 9.52 Å². The van der Waals surface area contributed by atoms with Crippen molar-refractivity contribution in [1.82, 2.24) is 5.32 Å². The Morgan fingerprint density at radius 3 is 2.04 bits per heavy atom. The summed E-state index contributed by atoms with van der Waals surface area (Å²) in [7, 11) is -2.17. The molecule has 1 amide bonds. The summed E-state index contributed by atoms with van der Waals surface area (Å²) in [6.45, 7) is 5.77. The predicted molar refractivity (Wildman–Crippen MR) is 102 cm³/mol. The molecule has 0 spiro atoms. The van der Waals surface area contributed by atoms with Gasteiger partial charge in [-0.2, -0.15) is 0 Å². The van der Waals surface area contributed by atoms with Gasteiger partial charge in [0.25, 0.3) is 15.9 Å². The van der Waals surface area contributed by atoms with Crippen LogP contribution in [0.25, 0.3) is 0 Å². The molecule has 7 heteroatoms. The molecule has 1 atom stereocenters. The van der Waals surface area contributed by atoms with Crippen LogP contribution >= 0.6 is 0 Å². The van der Waals surface area contributed by atoms with E-state index in [1.165, 1.54) is 31.3 Å². The molecule has 0 aliphatic heterocycles. The molecule has 2 N–H and O–H groups in total. The fourth-order valence-corrected chi connectivity index (χ4v) is 3.37. The highest BCUT2D eigenvalue weighted by molar-refractivity contribution is 7.92. The SMILES string of the molecule is CNC(=O)[C@H](C)Oc1ccc(S(=O)(=O)Nc2ccc(C(C)C)cc2)cc1. The van der Waals surface area contributed by atoms with Gasteiger partial charge in [-0.05, 0) is 54.8 Å². The smallest absolute Gasteiger partial charge is 0.261 e. The summed E-state index contributed by atoms with van der Waals surface area (Å²) in [6, 6.07) is 13.2. The van der Waals surface area contributed by atoms with Crippen molar-refractivity contribution in [1.29, 1.82) is 0 Å². The van der Waals surface area contributed by atoms with Gasteiger partial charge in [0.2, 0.25) is 0 Å². The zero-order chi connectivity index (χ0) is 19.3. The number of nitrogens with one attached hydrogen (secondary N) is 2. The van der Waals surface area contributed by atoms with Crippen molar-refractivity contribution >= 4 is 21.6 Å². The highest BCUT2D eigenvalue weighted by Crippen LogP contribution is 2.22. The van der Waals surface area contributed by atoms with Crippen molar-refractivity contribution in [2.24, 2.45) is 0 Å². The van der Waals surface area contributed by atoms with Crippen molar-refractivity contribution in [3.05, 3.63) is 54.1 Å². The summed E-state index contributed by atoms with van der Waals surface area (Å²) in [5.41, 5.74) is 1.64. The average Bonchev–Trinajstić information content (AvgIpc) is 2.61. The maximum Gasteiger partial charge on any atom is 0.261 e. The molecule has 6 nitrogen and oxygen atoms in total. The zero-order valence-electron chi connectivity index (χ0n) is 15.3. The van der Waals surface area contributed by atoms with Crippen LogP contribution in [0.4, 0.5) is 5.69 Å². The maximum absolute atomic E-state index is 12.5. The average molecular weight is 376 g/mol. The third-order valence-electron chi connectivity index (χ3n) is 3.89. The van der Waals surface area contributed by atoms with E-state index in [-0.39, 0.29) is 10.8 Å². The van der Waals surface area contributed by atoms with Crippen LogP contribution in [0.15, 0.2) is 53.4 Å². The molecule has 0 aromatic heterocycles. The molecule has 0 radical (unpaired) electrons. The van der Waals surface area contributed by atoms with Gasteiger partial charge in [0.05, 0.1) is 4.90 Å². The lowest BCUT2D eigenvalue weighted by atomic mass is 10.0. The third-order valence-corrected chi connectivity index (χ3v) is 5.29. The molecule has 2 rings (SSSR count). The fraction of sp³-hybridized carbons (Fsp3) is 0.316. The van der Waals surface area contributed by atoms with Gasteiger partial charge in [-0.25, -0.2) is 8.42 Å². The Labute approximate surface area is 154 Å². The minimum atomic E-state index is -3.70. The number of sulfonamides is 1. The Morgan fingerprint density at radius 2 is 1.54 bits per heavy atom. The van der Waals surface area contributed by atoms with Crippen LogP contribution in [0.1, 0.15) is 32.3 Å². The van der Waals surface area contributed by atoms with Gasteiger partial charge < -0.3 is 10.1 Å². The molecule has 2 aromatic carbocycles. The molecule has 0 aliphatic carbocycles. The van der Waals surface area contributed by atoms with Crippen LogP contribution in [-0.2, 0) is 14.8 Å². The Kier molecular flexibility index (Phi) is 6.26. The second-order valence-electron chi connectivity index (χ2n) is 6.23. The summed E-state index contributed by atoms with van der Waals surface area (Å²) in [5, 5.41) is 2.49. The monoisotopic (exact) mass is 376 g/mol. The van der Waals surface area contributed by atoms with E-state index in [1.54, 1.807) is 19.1 Å². The van der Waals surface area contributed by atoms with Gasteiger partial charge in [0.1, 0.15) is 5.75 Å². The van der Waals surface area contributed by atoms with Gasteiger partial charge in [0, 0.05) is 12.7 Å². The first kappa shape index (κ1) is 19.8. The summed E-state index contributed by atoms with van der Waals surface area (Å²) >= 11 is 0. The minimum Gasteiger partial charge on any atom is -0.481 e. The number of ether oxygens (including phenoxy) is 1. The number of carbonyl (C=O) groups excluding carboxylic acids is 1. The highest BCUT2D eigenvalue weighted by atomic mass is 32.2. The molecule has 0 saturated carbocycles. The lowest BCUT2D eigenvalue weighted by Gasteiger charge is -2.14. The Balaban J connectivity index is 2.10. The lowest BCUT2D eigenvalue weighted by Crippen LogP contribution is -2.33. The van der Waals surface area contributed by atoms with E-state index in [9.17, 15) is 13.2 Å². The summed E-state index contributed by atoms with van der Waals surface area (Å²) < 4.78 is 33.0. The van der Waals surface area contributed by atoms with Gasteiger partial charge in [-0.15, -0.1) is 0 Å². The zero-order valence-corrected chi connectivity index (χ0v) is 16.1. The van der Waals surface area contributed by atoms with Crippen LogP contribution in [-0.4, -0.2) is 27.5 Å². The number of carbonyl (C=O) groups is 1. The third kappa shape index (κ3) is 4.98. The minimum absolute atomic E-state index is 0.116. The number of benzene rings is 2. The molecular weight excluding hydrogens is 352 g/mol. The van der Waals surface area contributed by atoms with E-state index in [4.69, 9.17) is 4.74 Å². The number of likely N-dealkylation sites (N-methyl/N-ethyl adjacent to an activating group) is 1. The fourth-order valence-electron chi connectivity index (χ4n) is 2.31. The molecule has 0 saturated heterocycles. The number of amides is 1. The van der Waals surface area contributed by atoms with E-state index in [1.807, 2.05) is 12.1 Å². The van der Waals surface area contributed by atoms with Gasteiger partial charge >= 0.3 is 0 Å². The van der Waals surface area contributed by atoms with Crippen LogP contribution in [0, 0.1) is 0 Å². The van der Waals surface area contributed by atoms with Crippen molar-refractivity contribution in [3.63, 3.8) is 0 Å². The van der Waals surface area contributed by atoms with Crippen LogP contribution in [0.3, 0.4) is 0 Å². The second-order valence-corrected chi connectivity index (χ2v) is 7.91. The van der Waals surface area contributed by atoms with Crippen LogP contribution < -0.4 is 14.8 Å². The number of hydrogen-bond acceptors (Lipinski definition) is 4. The number of anilines is 1. The first-order chi connectivity index (χ1) is 12.2. The van der Waals surface area contributed by atoms with Crippen LogP contribution in [0.2, 0.25) is 0 Å². The molecular formula is C19H24N2O4S. The van der Waals surface area contributed by atoms with E-state index in [0.29, 0.717) is 17.4 Å². The highest BCUT2D eigenvalue weighted by Gasteiger charge is 2.16. The van der Waals surface area contributed by atoms with Crippen molar-refractivity contribution in [2.45, 2.75) is 37.7 Å². The topological polar surface area (TPSA) is 84.5 Å². The molecule has 0 bridgehead atoms. The van der Waals surface area contributed by atoms with E-state index in [2.05, 4.69) is 23.9 Å². The normalized spacial score (nSPS) is 12.5. The Bertz CT molecular complexity index is 844. The molecule has 0 fully saturated rings. The largest absolute Gasteiger partial charge is 0.481 e. The molecule has 26 heavy (non-hydrogen) atoms. The Hall–Kier alpha value is -2.54. The predicted octanol–water partition coefficient (Wildman–Crippen LogP) is 3.12. The van der Waals surface area contributed by atoms with Crippen molar-refractivity contribution < 1.29 is 17.9 Å². The van der Waals surface area contributed by atoms with E-state index >= 15 is 0 Å². The van der Waals surface area contributed by atoms with Crippen LogP contribution in [0.5, 0.6) is 5.75 Å². The molecule has 0 aliphatic rings. The first-order valence-electron chi connectivity index (χ1n) is 8.34. The second kappa shape index (κ2) is 8.23. The number of hydrogen-bond donors (Lipinski definition) is 2. The molecule has 0 unspecified atom stereocenters. The lowest BCUT2D eigenvalue weighted by molar-refractivity contribution is -0.126. The number of rotatable bonds is 7. The maximum atomic E-state index is 12.5. The quantitative estimate of drug-likeness (QED) is 0.778. The van der Waals surface area contributed by atoms with E-state index < -0.39 is 16.1 Å². The van der Waals surface area contributed by atoms with Gasteiger partial charge in [-0.1, -0.05) is 26.0 Å². The van der Waals surface area contributed by atoms with Gasteiger partial charge in [0.15, 0.2) is 6.10 Å². The summed E-state index contributed by atoms with van der Waals surface area (Å²) in [4.78, 5) is 11.6. The first-order valence-corrected chi connectivity index (χ1v) is 9.82. The molecule has 2 aromatic rings. The Morgan fingerprint density at radius 1 is 0.962 bits per heavy atom. The van der Waals surface area contributed by atoms with Crippen molar-refractivity contribution in [2.75, 3.05) is 11.8 Å². The summed E-state index contributed by atoms with van der Waals surface area (Å²) in [5.74, 6) is 0.542. The molecule has 140 valence electrons. The van der Waals surface area contributed by atoms with E-state index in [0.717, 1.165) is 5.56 Å². The summed E-state index contributed by atoms with van der Waals surface area (Å²) in [6.07, 6.45) is -0.667.